The molecular formula is C23H31N5O2. The summed E-state index contributed by atoms with van der Waals surface area (Å²) < 4.78 is 6.10. The summed E-state index contributed by atoms with van der Waals surface area (Å²) in [6.45, 7) is 7.48. The van der Waals surface area contributed by atoms with Gasteiger partial charge in [0.1, 0.15) is 0 Å². The zero-order valence-electron chi connectivity index (χ0n) is 17.5. The standard InChI is InChI=1S/C23H31N5O2/c1-2-25-23(26-14-21(29)19-8-10-24-11-9-19)28-16-20-22(17-28)30-13-12-27(20)15-18-6-4-3-5-7-18/h3-11,20-22,29H,2,12-17H2,1H3,(H,25,26). The number of ether oxygens (including phenoxy) is 1. The Kier molecular flexibility index (Phi) is 6.94. The number of hydrogen-bond acceptors (Lipinski definition) is 5. The summed E-state index contributed by atoms with van der Waals surface area (Å²) in [5, 5.41) is 13.9. The highest BCUT2D eigenvalue weighted by Crippen LogP contribution is 2.25. The first kappa shape index (κ1) is 20.8. The van der Waals surface area contributed by atoms with Crippen LogP contribution in [0.5, 0.6) is 0 Å². The number of fused-ring (bicyclic) bond motifs is 1. The van der Waals surface area contributed by atoms with Crippen molar-refractivity contribution in [2.75, 3.05) is 39.3 Å². The first-order valence-electron chi connectivity index (χ1n) is 10.8. The molecule has 3 heterocycles. The molecule has 7 heteroatoms. The third-order valence-corrected chi connectivity index (χ3v) is 5.78. The van der Waals surface area contributed by atoms with Crippen molar-refractivity contribution in [2.24, 2.45) is 4.99 Å². The number of rotatable bonds is 6. The van der Waals surface area contributed by atoms with Gasteiger partial charge in [-0.15, -0.1) is 0 Å². The van der Waals surface area contributed by atoms with Gasteiger partial charge < -0.3 is 20.1 Å². The number of pyridine rings is 1. The lowest BCUT2D eigenvalue weighted by molar-refractivity contribution is -0.0502. The molecule has 2 aliphatic rings. The monoisotopic (exact) mass is 409 g/mol. The Hall–Kier alpha value is -2.48. The van der Waals surface area contributed by atoms with Crippen molar-refractivity contribution in [3.05, 3.63) is 66.0 Å². The summed E-state index contributed by atoms with van der Waals surface area (Å²) in [7, 11) is 0. The quantitative estimate of drug-likeness (QED) is 0.559. The number of guanidine groups is 1. The van der Waals surface area contributed by atoms with Gasteiger partial charge in [-0.3, -0.25) is 14.9 Å². The minimum atomic E-state index is -0.641. The molecule has 160 valence electrons. The number of hydrogen-bond donors (Lipinski definition) is 2. The molecule has 2 aromatic rings. The second-order valence-corrected chi connectivity index (χ2v) is 7.83. The number of aliphatic hydroxyl groups is 1. The SMILES string of the molecule is CCNC(=NCC(O)c1ccncc1)N1CC2OCCN(Cc3ccccc3)C2C1. The molecule has 2 aliphatic heterocycles. The number of aromatic nitrogens is 1. The van der Waals surface area contributed by atoms with Crippen LogP contribution in [0.4, 0.5) is 0 Å². The number of benzene rings is 1. The molecule has 30 heavy (non-hydrogen) atoms. The highest BCUT2D eigenvalue weighted by molar-refractivity contribution is 5.80. The predicted octanol–water partition coefficient (Wildman–Crippen LogP) is 1.67. The maximum atomic E-state index is 10.5. The number of nitrogens with zero attached hydrogens (tertiary/aromatic N) is 4. The van der Waals surface area contributed by atoms with E-state index in [0.29, 0.717) is 12.6 Å². The van der Waals surface area contributed by atoms with Crippen LogP contribution in [-0.4, -0.2) is 77.3 Å². The van der Waals surface area contributed by atoms with E-state index in [0.717, 1.165) is 50.9 Å². The molecule has 7 nitrogen and oxygen atoms in total. The van der Waals surface area contributed by atoms with Crippen LogP contribution in [0.15, 0.2) is 59.9 Å². The van der Waals surface area contributed by atoms with E-state index in [1.54, 1.807) is 12.4 Å². The number of aliphatic imine (C=N–C) groups is 1. The Morgan fingerprint density at radius 3 is 2.80 bits per heavy atom. The average molecular weight is 410 g/mol. The van der Waals surface area contributed by atoms with E-state index >= 15 is 0 Å². The minimum Gasteiger partial charge on any atom is -0.386 e. The number of aliphatic hydroxyl groups excluding tert-OH is 1. The normalized spacial score (nSPS) is 23.3. The maximum Gasteiger partial charge on any atom is 0.194 e. The summed E-state index contributed by atoms with van der Waals surface area (Å²) in [6, 6.07) is 14.6. The van der Waals surface area contributed by atoms with Crippen LogP contribution in [0.1, 0.15) is 24.2 Å². The van der Waals surface area contributed by atoms with Gasteiger partial charge in [-0.2, -0.15) is 0 Å². The Labute approximate surface area is 178 Å². The van der Waals surface area contributed by atoms with Crippen molar-refractivity contribution in [3.8, 4) is 0 Å². The van der Waals surface area contributed by atoms with Gasteiger partial charge in [0.05, 0.1) is 31.4 Å². The molecule has 2 N–H and O–H groups in total. The topological polar surface area (TPSA) is 73.2 Å². The smallest absolute Gasteiger partial charge is 0.194 e. The second-order valence-electron chi connectivity index (χ2n) is 7.83. The molecule has 0 saturated carbocycles. The van der Waals surface area contributed by atoms with Crippen molar-refractivity contribution in [1.82, 2.24) is 20.1 Å². The number of morpholine rings is 1. The maximum absolute atomic E-state index is 10.5. The van der Waals surface area contributed by atoms with Crippen molar-refractivity contribution in [3.63, 3.8) is 0 Å². The second kappa shape index (κ2) is 10.0. The van der Waals surface area contributed by atoms with Crippen LogP contribution in [0, 0.1) is 0 Å². The van der Waals surface area contributed by atoms with E-state index in [-0.39, 0.29) is 6.10 Å². The third-order valence-electron chi connectivity index (χ3n) is 5.78. The molecule has 0 aliphatic carbocycles. The molecule has 1 aromatic carbocycles. The van der Waals surface area contributed by atoms with Crippen LogP contribution in [0.2, 0.25) is 0 Å². The van der Waals surface area contributed by atoms with Gasteiger partial charge in [0.25, 0.3) is 0 Å². The van der Waals surface area contributed by atoms with E-state index in [1.807, 2.05) is 12.1 Å². The molecule has 1 aromatic heterocycles. The zero-order valence-corrected chi connectivity index (χ0v) is 17.5. The van der Waals surface area contributed by atoms with E-state index in [2.05, 4.69) is 57.4 Å². The average Bonchev–Trinajstić information content (AvgIpc) is 3.23. The van der Waals surface area contributed by atoms with Gasteiger partial charge in [0, 0.05) is 45.1 Å². The Morgan fingerprint density at radius 2 is 2.03 bits per heavy atom. The van der Waals surface area contributed by atoms with Crippen molar-refractivity contribution >= 4 is 5.96 Å². The fraction of sp³-hybridized carbons (Fsp3) is 0.478. The first-order valence-corrected chi connectivity index (χ1v) is 10.8. The lowest BCUT2D eigenvalue weighted by Crippen LogP contribution is -2.50. The van der Waals surface area contributed by atoms with Crippen molar-refractivity contribution in [2.45, 2.75) is 31.7 Å². The minimum absolute atomic E-state index is 0.177. The van der Waals surface area contributed by atoms with Crippen molar-refractivity contribution < 1.29 is 9.84 Å². The number of nitrogens with one attached hydrogen (secondary N) is 1. The van der Waals surface area contributed by atoms with Gasteiger partial charge >= 0.3 is 0 Å². The fourth-order valence-electron chi connectivity index (χ4n) is 4.24. The highest BCUT2D eigenvalue weighted by Gasteiger charge is 2.41. The van der Waals surface area contributed by atoms with Gasteiger partial charge in [-0.1, -0.05) is 30.3 Å². The van der Waals surface area contributed by atoms with Crippen LogP contribution in [0.25, 0.3) is 0 Å². The molecule has 0 bridgehead atoms. The lowest BCUT2D eigenvalue weighted by atomic mass is 10.1. The largest absolute Gasteiger partial charge is 0.386 e. The van der Waals surface area contributed by atoms with E-state index in [1.165, 1.54) is 5.56 Å². The van der Waals surface area contributed by atoms with Crippen LogP contribution < -0.4 is 5.32 Å². The Balaban J connectivity index is 1.43. The summed E-state index contributed by atoms with van der Waals surface area (Å²) in [4.78, 5) is 13.5. The first-order chi connectivity index (χ1) is 14.7. The molecule has 2 saturated heterocycles. The molecule has 0 amide bonds. The van der Waals surface area contributed by atoms with Crippen LogP contribution >= 0.6 is 0 Å². The lowest BCUT2D eigenvalue weighted by Gasteiger charge is -2.36. The van der Waals surface area contributed by atoms with Gasteiger partial charge in [0.2, 0.25) is 0 Å². The Morgan fingerprint density at radius 1 is 1.23 bits per heavy atom. The molecule has 0 radical (unpaired) electrons. The van der Waals surface area contributed by atoms with E-state index < -0.39 is 6.10 Å². The molecular weight excluding hydrogens is 378 g/mol. The number of likely N-dealkylation sites (tertiary alicyclic amines) is 1. The summed E-state index contributed by atoms with van der Waals surface area (Å²) >= 11 is 0. The predicted molar refractivity (Wildman–Crippen MR) is 117 cm³/mol. The summed E-state index contributed by atoms with van der Waals surface area (Å²) in [6.07, 6.45) is 2.92. The zero-order chi connectivity index (χ0) is 20.8. The van der Waals surface area contributed by atoms with Gasteiger partial charge in [0.15, 0.2) is 5.96 Å². The Bertz CT molecular complexity index is 817. The van der Waals surface area contributed by atoms with Crippen molar-refractivity contribution in [1.29, 1.82) is 0 Å². The molecule has 3 atom stereocenters. The van der Waals surface area contributed by atoms with E-state index in [4.69, 9.17) is 9.73 Å². The highest BCUT2D eigenvalue weighted by atomic mass is 16.5. The molecule has 2 fully saturated rings. The molecule has 0 spiro atoms. The van der Waals surface area contributed by atoms with Gasteiger partial charge in [-0.25, -0.2) is 0 Å². The third kappa shape index (κ3) is 4.98. The summed E-state index contributed by atoms with van der Waals surface area (Å²) in [5.74, 6) is 0.836. The van der Waals surface area contributed by atoms with Crippen LogP contribution in [-0.2, 0) is 11.3 Å². The fourth-order valence-corrected chi connectivity index (χ4v) is 4.24. The molecule has 3 unspecified atom stereocenters. The van der Waals surface area contributed by atoms with Crippen LogP contribution in [0.3, 0.4) is 0 Å². The van der Waals surface area contributed by atoms with Gasteiger partial charge in [-0.05, 0) is 30.2 Å². The van der Waals surface area contributed by atoms with E-state index in [9.17, 15) is 5.11 Å². The molecule has 4 rings (SSSR count). The summed E-state index contributed by atoms with van der Waals surface area (Å²) in [5.41, 5.74) is 2.16.